The van der Waals surface area contributed by atoms with Gasteiger partial charge in [-0.25, -0.2) is 4.98 Å². The molecule has 0 spiro atoms. The van der Waals surface area contributed by atoms with Crippen molar-refractivity contribution in [1.82, 2.24) is 4.98 Å². The van der Waals surface area contributed by atoms with Crippen LogP contribution in [0, 0.1) is 6.92 Å². The van der Waals surface area contributed by atoms with Crippen LogP contribution in [0.1, 0.15) is 43.4 Å². The van der Waals surface area contributed by atoms with Crippen molar-refractivity contribution in [2.75, 3.05) is 18.0 Å². The molecule has 2 rings (SSSR count). The van der Waals surface area contributed by atoms with Gasteiger partial charge in [-0.1, -0.05) is 0 Å². The lowest BCUT2D eigenvalue weighted by Gasteiger charge is -2.29. The van der Waals surface area contributed by atoms with E-state index in [4.69, 9.17) is 5.73 Å². The molecule has 1 saturated heterocycles. The molecule has 16 heavy (non-hydrogen) atoms. The average molecular weight is 219 g/mol. The van der Waals surface area contributed by atoms with Crippen molar-refractivity contribution >= 4 is 5.82 Å². The van der Waals surface area contributed by atoms with E-state index in [2.05, 4.69) is 22.9 Å². The first-order chi connectivity index (χ1) is 7.68. The second-order valence-electron chi connectivity index (χ2n) is 4.75. The number of aryl methyl sites for hydroxylation is 1. The molecule has 0 amide bonds. The van der Waals surface area contributed by atoms with E-state index >= 15 is 0 Å². The van der Waals surface area contributed by atoms with Crippen molar-refractivity contribution in [3.63, 3.8) is 0 Å². The maximum Gasteiger partial charge on any atom is 0.131 e. The summed E-state index contributed by atoms with van der Waals surface area (Å²) in [7, 11) is 0. The predicted octanol–water partition coefficient (Wildman–Crippen LogP) is 2.40. The molecular formula is C13H21N3. The molecule has 0 unspecified atom stereocenters. The largest absolute Gasteiger partial charge is 0.356 e. The zero-order valence-corrected chi connectivity index (χ0v) is 10.2. The van der Waals surface area contributed by atoms with Crippen LogP contribution in [0.3, 0.4) is 0 Å². The molecule has 0 saturated carbocycles. The number of nitrogens with zero attached hydrogens (tertiary/aromatic N) is 2. The molecule has 1 fully saturated rings. The summed E-state index contributed by atoms with van der Waals surface area (Å²) < 4.78 is 0. The fourth-order valence-corrected chi connectivity index (χ4v) is 2.28. The average Bonchev–Trinajstić information content (AvgIpc) is 2.30. The Kier molecular flexibility index (Phi) is 3.44. The van der Waals surface area contributed by atoms with Gasteiger partial charge >= 0.3 is 0 Å². The lowest BCUT2D eigenvalue weighted by atomic mass is 10.1. The van der Waals surface area contributed by atoms with Crippen LogP contribution >= 0.6 is 0 Å². The molecule has 88 valence electrons. The van der Waals surface area contributed by atoms with E-state index in [1.165, 1.54) is 24.8 Å². The Morgan fingerprint density at radius 1 is 1.31 bits per heavy atom. The number of nitrogens with two attached hydrogens (primary N) is 1. The Labute approximate surface area is 97.7 Å². The van der Waals surface area contributed by atoms with Gasteiger partial charge < -0.3 is 10.6 Å². The molecule has 0 bridgehead atoms. The van der Waals surface area contributed by atoms with Crippen molar-refractivity contribution in [3.8, 4) is 0 Å². The molecule has 2 heterocycles. The second kappa shape index (κ2) is 4.83. The van der Waals surface area contributed by atoms with E-state index in [1.54, 1.807) is 0 Å². The van der Waals surface area contributed by atoms with Crippen molar-refractivity contribution in [2.45, 2.75) is 39.2 Å². The van der Waals surface area contributed by atoms with Crippen LogP contribution in [0.15, 0.2) is 12.3 Å². The molecule has 1 aliphatic rings. The van der Waals surface area contributed by atoms with Gasteiger partial charge in [0.25, 0.3) is 0 Å². The summed E-state index contributed by atoms with van der Waals surface area (Å²) in [6.07, 6.45) is 5.85. The van der Waals surface area contributed by atoms with Crippen LogP contribution in [0.2, 0.25) is 0 Å². The third-order valence-corrected chi connectivity index (χ3v) is 3.25. The summed E-state index contributed by atoms with van der Waals surface area (Å²) in [5, 5.41) is 0. The quantitative estimate of drug-likeness (QED) is 0.830. The molecular weight excluding hydrogens is 198 g/mol. The Morgan fingerprint density at radius 2 is 2.00 bits per heavy atom. The fourth-order valence-electron chi connectivity index (χ4n) is 2.28. The smallest absolute Gasteiger partial charge is 0.131 e. The van der Waals surface area contributed by atoms with Crippen LogP contribution in [-0.4, -0.2) is 18.1 Å². The molecule has 1 aliphatic heterocycles. The van der Waals surface area contributed by atoms with Crippen molar-refractivity contribution in [1.29, 1.82) is 0 Å². The first-order valence-electron chi connectivity index (χ1n) is 6.15. The molecule has 1 aromatic heterocycles. The van der Waals surface area contributed by atoms with E-state index in [0.29, 0.717) is 0 Å². The van der Waals surface area contributed by atoms with E-state index in [0.717, 1.165) is 24.5 Å². The molecule has 1 aromatic rings. The lowest BCUT2D eigenvalue weighted by molar-refractivity contribution is 0.572. The Morgan fingerprint density at radius 3 is 2.56 bits per heavy atom. The predicted molar refractivity (Wildman–Crippen MR) is 67.6 cm³/mol. The van der Waals surface area contributed by atoms with Gasteiger partial charge in [0, 0.05) is 25.3 Å². The van der Waals surface area contributed by atoms with Gasteiger partial charge in [-0.15, -0.1) is 0 Å². The van der Waals surface area contributed by atoms with E-state index in [9.17, 15) is 0 Å². The minimum Gasteiger partial charge on any atom is -0.356 e. The third kappa shape index (κ3) is 2.35. The standard InChI is InChI=1S/C13H21N3/c1-10-8-12(11(2)14)9-15-13(10)16-6-4-3-5-7-16/h8-9,11H,3-7,14H2,1-2H3/t11-/m0/s1. The first-order valence-corrected chi connectivity index (χ1v) is 6.15. The highest BCUT2D eigenvalue weighted by Crippen LogP contribution is 2.23. The highest BCUT2D eigenvalue weighted by Gasteiger charge is 2.14. The van der Waals surface area contributed by atoms with Crippen molar-refractivity contribution in [3.05, 3.63) is 23.4 Å². The molecule has 3 heteroatoms. The maximum atomic E-state index is 5.86. The van der Waals surface area contributed by atoms with Crippen LogP contribution in [0.4, 0.5) is 5.82 Å². The summed E-state index contributed by atoms with van der Waals surface area (Å²) in [4.78, 5) is 6.96. The van der Waals surface area contributed by atoms with Crippen LogP contribution in [0.25, 0.3) is 0 Å². The highest BCUT2D eigenvalue weighted by atomic mass is 15.2. The number of pyridine rings is 1. The van der Waals surface area contributed by atoms with Gasteiger partial charge in [-0.05, 0) is 50.3 Å². The van der Waals surface area contributed by atoms with E-state index in [-0.39, 0.29) is 6.04 Å². The topological polar surface area (TPSA) is 42.1 Å². The van der Waals surface area contributed by atoms with Crippen LogP contribution in [0.5, 0.6) is 0 Å². The van der Waals surface area contributed by atoms with Gasteiger partial charge in [0.15, 0.2) is 0 Å². The number of piperidine rings is 1. The minimum atomic E-state index is 0.0709. The second-order valence-corrected chi connectivity index (χ2v) is 4.75. The maximum absolute atomic E-state index is 5.86. The SMILES string of the molecule is Cc1cc([C@H](C)N)cnc1N1CCCCC1. The highest BCUT2D eigenvalue weighted by molar-refractivity contribution is 5.47. The summed E-state index contributed by atoms with van der Waals surface area (Å²) >= 11 is 0. The zero-order chi connectivity index (χ0) is 11.5. The van der Waals surface area contributed by atoms with E-state index in [1.807, 2.05) is 13.1 Å². The minimum absolute atomic E-state index is 0.0709. The monoisotopic (exact) mass is 219 g/mol. The van der Waals surface area contributed by atoms with Gasteiger partial charge in [0.05, 0.1) is 0 Å². The molecule has 0 aliphatic carbocycles. The molecule has 0 radical (unpaired) electrons. The van der Waals surface area contributed by atoms with Crippen LogP contribution < -0.4 is 10.6 Å². The number of hydrogen-bond donors (Lipinski definition) is 1. The van der Waals surface area contributed by atoms with Gasteiger partial charge in [0.1, 0.15) is 5.82 Å². The Balaban J connectivity index is 2.21. The fraction of sp³-hybridized carbons (Fsp3) is 0.615. The number of rotatable bonds is 2. The third-order valence-electron chi connectivity index (χ3n) is 3.25. The normalized spacial score (nSPS) is 18.6. The Bertz CT molecular complexity index is 354. The van der Waals surface area contributed by atoms with Crippen LogP contribution in [-0.2, 0) is 0 Å². The van der Waals surface area contributed by atoms with Gasteiger partial charge in [-0.3, -0.25) is 0 Å². The summed E-state index contributed by atoms with van der Waals surface area (Å²) in [6, 6.07) is 2.24. The molecule has 1 atom stereocenters. The number of aromatic nitrogens is 1. The van der Waals surface area contributed by atoms with Gasteiger partial charge in [0.2, 0.25) is 0 Å². The molecule has 3 nitrogen and oxygen atoms in total. The summed E-state index contributed by atoms with van der Waals surface area (Å²) in [6.45, 7) is 6.41. The van der Waals surface area contributed by atoms with Crippen molar-refractivity contribution in [2.24, 2.45) is 5.73 Å². The molecule has 0 aromatic carbocycles. The number of anilines is 1. The number of hydrogen-bond acceptors (Lipinski definition) is 3. The summed E-state index contributed by atoms with van der Waals surface area (Å²) in [5.74, 6) is 1.14. The first kappa shape index (κ1) is 11.4. The summed E-state index contributed by atoms with van der Waals surface area (Å²) in [5.41, 5.74) is 8.23. The molecule has 2 N–H and O–H groups in total. The Hall–Kier alpha value is -1.09. The van der Waals surface area contributed by atoms with E-state index < -0.39 is 0 Å². The lowest BCUT2D eigenvalue weighted by Crippen LogP contribution is -2.30. The van der Waals surface area contributed by atoms with Gasteiger partial charge in [-0.2, -0.15) is 0 Å². The zero-order valence-electron chi connectivity index (χ0n) is 10.2. The van der Waals surface area contributed by atoms with Crippen molar-refractivity contribution < 1.29 is 0 Å².